The summed E-state index contributed by atoms with van der Waals surface area (Å²) in [6.45, 7) is 0.587. The predicted octanol–water partition coefficient (Wildman–Crippen LogP) is 2.12. The number of halogens is 1. The van der Waals surface area contributed by atoms with Crippen molar-refractivity contribution in [3.8, 4) is 0 Å². The monoisotopic (exact) mass is 229 g/mol. The molecule has 1 rings (SSSR count). The van der Waals surface area contributed by atoms with Crippen molar-refractivity contribution < 1.29 is 9.50 Å². The first kappa shape index (κ1) is 12.3. The minimum absolute atomic E-state index is 0.258. The first-order valence-corrected chi connectivity index (χ1v) is 6.18. The Hall–Kier alpha value is -0.740. The van der Waals surface area contributed by atoms with Crippen LogP contribution in [-0.4, -0.2) is 30.7 Å². The maximum atomic E-state index is 13.3. The smallest absolute Gasteiger partial charge is 0.130 e. The summed E-state index contributed by atoms with van der Waals surface area (Å²) in [6.07, 6.45) is 2.03. The Morgan fingerprint density at radius 1 is 1.47 bits per heavy atom. The fourth-order valence-corrected chi connectivity index (χ4v) is 1.87. The fraction of sp³-hybridized carbons (Fsp3) is 0.455. The summed E-state index contributed by atoms with van der Waals surface area (Å²) in [5.41, 5.74) is 1.15. The number of benzene rings is 1. The van der Waals surface area contributed by atoms with Gasteiger partial charge in [0.1, 0.15) is 5.82 Å². The molecule has 0 saturated heterocycles. The molecule has 1 aromatic rings. The van der Waals surface area contributed by atoms with Gasteiger partial charge in [0.2, 0.25) is 0 Å². The highest BCUT2D eigenvalue weighted by molar-refractivity contribution is 7.98. The molecule has 0 unspecified atom stereocenters. The standard InChI is InChI=1S/C11H16FNOS/c1-13(6-7-15-2)11-5-3-4-10(12)9(11)8-14/h3-5,14H,6-8H2,1-2H3. The molecule has 0 fully saturated rings. The molecular weight excluding hydrogens is 213 g/mol. The Morgan fingerprint density at radius 2 is 2.20 bits per heavy atom. The molecule has 0 radical (unpaired) electrons. The summed E-state index contributed by atoms with van der Waals surface area (Å²) >= 11 is 1.74. The van der Waals surface area contributed by atoms with Crippen LogP contribution in [0.3, 0.4) is 0 Å². The van der Waals surface area contributed by atoms with Crippen LogP contribution >= 0.6 is 11.8 Å². The Morgan fingerprint density at radius 3 is 2.80 bits per heavy atom. The molecule has 1 N–H and O–H groups in total. The van der Waals surface area contributed by atoms with Crippen LogP contribution in [0.15, 0.2) is 18.2 Å². The van der Waals surface area contributed by atoms with E-state index in [-0.39, 0.29) is 12.4 Å². The zero-order valence-corrected chi connectivity index (χ0v) is 9.85. The predicted molar refractivity (Wildman–Crippen MR) is 64.0 cm³/mol. The number of aliphatic hydroxyl groups is 1. The van der Waals surface area contributed by atoms with Gasteiger partial charge in [0, 0.05) is 30.6 Å². The van der Waals surface area contributed by atoms with Crippen molar-refractivity contribution in [2.45, 2.75) is 6.61 Å². The van der Waals surface area contributed by atoms with Crippen LogP contribution in [0, 0.1) is 5.82 Å². The maximum Gasteiger partial charge on any atom is 0.130 e. The average molecular weight is 229 g/mol. The van der Waals surface area contributed by atoms with Gasteiger partial charge in [-0.3, -0.25) is 0 Å². The van der Waals surface area contributed by atoms with E-state index in [1.165, 1.54) is 6.07 Å². The van der Waals surface area contributed by atoms with E-state index in [2.05, 4.69) is 0 Å². The third-order valence-electron chi connectivity index (χ3n) is 2.29. The van der Waals surface area contributed by atoms with Crippen LogP contribution in [0.2, 0.25) is 0 Å². The highest BCUT2D eigenvalue weighted by Gasteiger charge is 2.10. The zero-order valence-electron chi connectivity index (χ0n) is 9.03. The van der Waals surface area contributed by atoms with Crippen molar-refractivity contribution >= 4 is 17.4 Å². The van der Waals surface area contributed by atoms with Crippen LogP contribution < -0.4 is 4.90 Å². The van der Waals surface area contributed by atoms with E-state index in [1.807, 2.05) is 24.3 Å². The van der Waals surface area contributed by atoms with Gasteiger partial charge >= 0.3 is 0 Å². The van der Waals surface area contributed by atoms with Crippen LogP contribution in [0.1, 0.15) is 5.56 Å². The van der Waals surface area contributed by atoms with Crippen LogP contribution in [0.25, 0.3) is 0 Å². The number of thioether (sulfide) groups is 1. The number of anilines is 1. The first-order valence-electron chi connectivity index (χ1n) is 4.79. The topological polar surface area (TPSA) is 23.5 Å². The quantitative estimate of drug-likeness (QED) is 0.836. The van der Waals surface area contributed by atoms with Gasteiger partial charge in [0.25, 0.3) is 0 Å². The van der Waals surface area contributed by atoms with Crippen LogP contribution in [0.4, 0.5) is 10.1 Å². The van der Waals surface area contributed by atoms with Crippen molar-refractivity contribution in [2.75, 3.05) is 30.5 Å². The van der Waals surface area contributed by atoms with Gasteiger partial charge < -0.3 is 10.0 Å². The molecule has 0 aliphatic carbocycles. The first-order chi connectivity index (χ1) is 7.20. The van der Waals surface area contributed by atoms with E-state index < -0.39 is 0 Å². The lowest BCUT2D eigenvalue weighted by Crippen LogP contribution is -2.22. The summed E-state index contributed by atoms with van der Waals surface area (Å²) in [5.74, 6) is 0.642. The number of aliphatic hydroxyl groups excluding tert-OH is 1. The molecule has 0 amide bonds. The van der Waals surface area contributed by atoms with E-state index >= 15 is 0 Å². The molecule has 0 saturated carbocycles. The molecule has 84 valence electrons. The third kappa shape index (κ3) is 3.11. The zero-order chi connectivity index (χ0) is 11.3. The van der Waals surface area contributed by atoms with Crippen LogP contribution in [-0.2, 0) is 6.61 Å². The molecule has 0 aliphatic rings. The number of rotatable bonds is 5. The van der Waals surface area contributed by atoms with E-state index in [0.717, 1.165) is 18.0 Å². The summed E-state index contributed by atoms with van der Waals surface area (Å²) in [5, 5.41) is 9.10. The molecule has 0 aliphatic heterocycles. The molecule has 0 bridgehead atoms. The van der Waals surface area contributed by atoms with Crippen molar-refractivity contribution in [3.05, 3.63) is 29.6 Å². The van der Waals surface area contributed by atoms with Crippen molar-refractivity contribution in [1.82, 2.24) is 0 Å². The Bertz CT molecular complexity index is 319. The molecule has 0 heterocycles. The summed E-state index contributed by atoms with van der Waals surface area (Å²) in [7, 11) is 1.91. The van der Waals surface area contributed by atoms with Gasteiger partial charge in [-0.1, -0.05) is 6.07 Å². The average Bonchev–Trinajstić information content (AvgIpc) is 2.25. The second-order valence-electron chi connectivity index (χ2n) is 3.31. The molecular formula is C11H16FNOS. The summed E-state index contributed by atoms with van der Waals surface area (Å²) < 4.78 is 13.3. The number of nitrogens with zero attached hydrogens (tertiary/aromatic N) is 1. The van der Waals surface area contributed by atoms with Crippen molar-refractivity contribution in [1.29, 1.82) is 0 Å². The highest BCUT2D eigenvalue weighted by atomic mass is 32.2. The molecule has 0 atom stereocenters. The lowest BCUT2D eigenvalue weighted by Gasteiger charge is -2.21. The molecule has 2 nitrogen and oxygen atoms in total. The largest absolute Gasteiger partial charge is 0.391 e. The summed E-state index contributed by atoms with van der Waals surface area (Å²) in [4.78, 5) is 1.96. The lowest BCUT2D eigenvalue weighted by atomic mass is 10.1. The SMILES string of the molecule is CSCCN(C)c1cccc(F)c1CO. The molecule has 15 heavy (non-hydrogen) atoms. The summed E-state index contributed by atoms with van der Waals surface area (Å²) in [6, 6.07) is 4.87. The second-order valence-corrected chi connectivity index (χ2v) is 4.30. The maximum absolute atomic E-state index is 13.3. The normalized spacial score (nSPS) is 10.4. The number of hydrogen-bond donors (Lipinski definition) is 1. The molecule has 0 aromatic heterocycles. The van der Waals surface area contributed by atoms with E-state index in [9.17, 15) is 4.39 Å². The van der Waals surface area contributed by atoms with Gasteiger partial charge in [-0.15, -0.1) is 0 Å². The van der Waals surface area contributed by atoms with Gasteiger partial charge in [-0.25, -0.2) is 4.39 Å². The third-order valence-corrected chi connectivity index (χ3v) is 2.89. The van der Waals surface area contributed by atoms with E-state index in [0.29, 0.717) is 5.56 Å². The Kier molecular flexibility index (Phi) is 4.91. The van der Waals surface area contributed by atoms with Gasteiger partial charge in [-0.05, 0) is 18.4 Å². The number of hydrogen-bond acceptors (Lipinski definition) is 3. The Labute approximate surface area is 94.1 Å². The lowest BCUT2D eigenvalue weighted by molar-refractivity contribution is 0.276. The molecule has 0 spiro atoms. The second kappa shape index (κ2) is 5.98. The fourth-order valence-electron chi connectivity index (χ4n) is 1.41. The van der Waals surface area contributed by atoms with Gasteiger partial charge in [-0.2, -0.15) is 11.8 Å². The minimum Gasteiger partial charge on any atom is -0.391 e. The van der Waals surface area contributed by atoms with E-state index in [1.54, 1.807) is 17.8 Å². The minimum atomic E-state index is -0.342. The van der Waals surface area contributed by atoms with Crippen molar-refractivity contribution in [3.63, 3.8) is 0 Å². The highest BCUT2D eigenvalue weighted by Crippen LogP contribution is 2.22. The molecule has 1 aromatic carbocycles. The van der Waals surface area contributed by atoms with Crippen LogP contribution in [0.5, 0.6) is 0 Å². The van der Waals surface area contributed by atoms with Crippen molar-refractivity contribution in [2.24, 2.45) is 0 Å². The molecule has 4 heteroatoms. The van der Waals surface area contributed by atoms with Gasteiger partial charge in [0.15, 0.2) is 0 Å². The Balaban J connectivity index is 2.87. The van der Waals surface area contributed by atoms with E-state index in [4.69, 9.17) is 5.11 Å². The van der Waals surface area contributed by atoms with Gasteiger partial charge in [0.05, 0.1) is 6.61 Å².